The zero-order valence-electron chi connectivity index (χ0n) is 15.7. The first-order valence-electron chi connectivity index (χ1n) is 9.32. The molecule has 0 saturated carbocycles. The fraction of sp³-hybridized carbons (Fsp3) is 0.632. The van der Waals surface area contributed by atoms with E-state index in [1.807, 2.05) is 18.7 Å². The van der Waals surface area contributed by atoms with Crippen molar-refractivity contribution in [2.75, 3.05) is 26.2 Å². The zero-order chi connectivity index (χ0) is 18.9. The summed E-state index contributed by atoms with van der Waals surface area (Å²) in [5, 5.41) is 0. The van der Waals surface area contributed by atoms with Gasteiger partial charge in [-0.3, -0.25) is 4.79 Å². The molecule has 7 heteroatoms. The van der Waals surface area contributed by atoms with Gasteiger partial charge in [-0.2, -0.15) is 4.31 Å². The van der Waals surface area contributed by atoms with Crippen molar-refractivity contribution < 1.29 is 17.9 Å². The molecule has 0 N–H and O–H groups in total. The van der Waals surface area contributed by atoms with Crippen LogP contribution in [0, 0.1) is 5.92 Å². The number of ether oxygens (including phenoxy) is 1. The molecule has 3 rings (SSSR count). The van der Waals surface area contributed by atoms with Crippen LogP contribution in [0.2, 0.25) is 0 Å². The molecule has 2 aliphatic heterocycles. The molecule has 1 aromatic carbocycles. The molecular formula is C19H28N2O4S. The lowest BCUT2D eigenvalue weighted by molar-refractivity contribution is -0.0440. The first kappa shape index (κ1) is 19.3. The summed E-state index contributed by atoms with van der Waals surface area (Å²) in [6.45, 7) is 8.13. The summed E-state index contributed by atoms with van der Waals surface area (Å²) >= 11 is 0. The normalized spacial score (nSPS) is 28.1. The Morgan fingerprint density at radius 3 is 2.23 bits per heavy atom. The number of carbonyl (C=O) groups is 1. The van der Waals surface area contributed by atoms with Crippen molar-refractivity contribution in [2.24, 2.45) is 5.92 Å². The van der Waals surface area contributed by atoms with E-state index in [2.05, 4.69) is 6.92 Å². The van der Waals surface area contributed by atoms with Crippen molar-refractivity contribution in [3.05, 3.63) is 29.8 Å². The highest BCUT2D eigenvalue weighted by atomic mass is 32.2. The Labute approximate surface area is 156 Å². The van der Waals surface area contributed by atoms with E-state index in [-0.39, 0.29) is 23.0 Å². The van der Waals surface area contributed by atoms with Gasteiger partial charge in [0.1, 0.15) is 0 Å². The number of hydrogen-bond acceptors (Lipinski definition) is 4. The van der Waals surface area contributed by atoms with Gasteiger partial charge in [0.15, 0.2) is 0 Å². The van der Waals surface area contributed by atoms with Gasteiger partial charge in [0.25, 0.3) is 5.91 Å². The molecule has 144 valence electrons. The molecule has 26 heavy (non-hydrogen) atoms. The van der Waals surface area contributed by atoms with Crippen molar-refractivity contribution in [1.82, 2.24) is 9.21 Å². The number of piperidine rings is 1. The van der Waals surface area contributed by atoms with Crippen LogP contribution in [0.25, 0.3) is 0 Å². The molecule has 0 spiro atoms. The quantitative estimate of drug-likeness (QED) is 0.807. The highest BCUT2D eigenvalue weighted by Gasteiger charge is 2.32. The van der Waals surface area contributed by atoms with Crippen molar-refractivity contribution in [3.63, 3.8) is 0 Å². The van der Waals surface area contributed by atoms with Crippen LogP contribution in [-0.2, 0) is 14.8 Å². The van der Waals surface area contributed by atoms with E-state index < -0.39 is 10.0 Å². The van der Waals surface area contributed by atoms with Crippen LogP contribution in [-0.4, -0.2) is 61.9 Å². The Balaban J connectivity index is 1.75. The molecule has 2 heterocycles. The van der Waals surface area contributed by atoms with E-state index in [4.69, 9.17) is 4.74 Å². The Bertz CT molecular complexity index is 737. The molecule has 0 unspecified atom stereocenters. The third kappa shape index (κ3) is 4.10. The second-order valence-electron chi connectivity index (χ2n) is 7.60. The van der Waals surface area contributed by atoms with Gasteiger partial charge >= 0.3 is 0 Å². The summed E-state index contributed by atoms with van der Waals surface area (Å²) in [7, 11) is -3.58. The summed E-state index contributed by atoms with van der Waals surface area (Å²) in [4.78, 5) is 14.7. The summed E-state index contributed by atoms with van der Waals surface area (Å²) in [6.07, 6.45) is 1.91. The molecule has 6 nitrogen and oxygen atoms in total. The van der Waals surface area contributed by atoms with E-state index >= 15 is 0 Å². The van der Waals surface area contributed by atoms with Gasteiger partial charge in [0.05, 0.1) is 17.1 Å². The number of hydrogen-bond donors (Lipinski definition) is 0. The highest BCUT2D eigenvalue weighted by Crippen LogP contribution is 2.23. The zero-order valence-corrected chi connectivity index (χ0v) is 16.5. The SMILES string of the molecule is C[C@@H]1CCCN(C(=O)c2ccc(S(=O)(=O)N3C[C@@H](C)O[C@@H](C)C3)cc2)C1. The summed E-state index contributed by atoms with van der Waals surface area (Å²) in [5.41, 5.74) is 0.543. The molecular weight excluding hydrogens is 352 g/mol. The lowest BCUT2D eigenvalue weighted by Gasteiger charge is -2.34. The standard InChI is InChI=1S/C19H28N2O4S/c1-14-5-4-10-20(11-14)19(22)17-6-8-18(9-7-17)26(23,24)21-12-15(2)25-16(3)13-21/h6-9,14-16H,4-5,10-13H2,1-3H3/t14-,15-,16+/m1/s1. The molecule has 2 fully saturated rings. The van der Waals surface area contributed by atoms with Gasteiger partial charge in [-0.1, -0.05) is 6.92 Å². The molecule has 0 aliphatic carbocycles. The first-order chi connectivity index (χ1) is 12.3. The minimum atomic E-state index is -3.58. The predicted octanol–water partition coefficient (Wildman–Crippen LogP) is 2.36. The van der Waals surface area contributed by atoms with Gasteiger partial charge in [0, 0.05) is 31.7 Å². The second kappa shape index (κ2) is 7.66. The Hall–Kier alpha value is -1.44. The fourth-order valence-electron chi connectivity index (χ4n) is 3.80. The van der Waals surface area contributed by atoms with E-state index in [0.717, 1.165) is 25.9 Å². The van der Waals surface area contributed by atoms with Gasteiger partial charge < -0.3 is 9.64 Å². The lowest BCUT2D eigenvalue weighted by atomic mass is 9.99. The summed E-state index contributed by atoms with van der Waals surface area (Å²) in [5.74, 6) is 0.492. The van der Waals surface area contributed by atoms with Gasteiger partial charge in [-0.05, 0) is 56.9 Å². The number of nitrogens with zero attached hydrogens (tertiary/aromatic N) is 2. The van der Waals surface area contributed by atoms with Crippen LogP contribution in [0.3, 0.4) is 0 Å². The Kier molecular flexibility index (Phi) is 5.69. The third-order valence-corrected chi connectivity index (χ3v) is 6.92. The van der Waals surface area contributed by atoms with Crippen molar-refractivity contribution >= 4 is 15.9 Å². The maximum atomic E-state index is 12.9. The minimum Gasteiger partial charge on any atom is -0.373 e. The van der Waals surface area contributed by atoms with Crippen LogP contribution < -0.4 is 0 Å². The van der Waals surface area contributed by atoms with Gasteiger partial charge in [-0.25, -0.2) is 8.42 Å². The number of carbonyl (C=O) groups excluding carboxylic acids is 1. The molecule has 1 amide bonds. The molecule has 0 bridgehead atoms. The molecule has 0 aromatic heterocycles. The average molecular weight is 381 g/mol. The van der Waals surface area contributed by atoms with Crippen LogP contribution in [0.4, 0.5) is 0 Å². The number of rotatable bonds is 3. The predicted molar refractivity (Wildman–Crippen MR) is 99.5 cm³/mol. The van der Waals surface area contributed by atoms with Crippen LogP contribution in [0.15, 0.2) is 29.2 Å². The smallest absolute Gasteiger partial charge is 0.253 e. The third-order valence-electron chi connectivity index (χ3n) is 5.07. The van der Waals surface area contributed by atoms with E-state index in [0.29, 0.717) is 24.6 Å². The second-order valence-corrected chi connectivity index (χ2v) is 9.54. The minimum absolute atomic E-state index is 0.0193. The topological polar surface area (TPSA) is 66.9 Å². The van der Waals surface area contributed by atoms with E-state index in [9.17, 15) is 13.2 Å². The van der Waals surface area contributed by atoms with Crippen molar-refractivity contribution in [3.8, 4) is 0 Å². The number of sulfonamides is 1. The van der Waals surface area contributed by atoms with Gasteiger partial charge in [-0.15, -0.1) is 0 Å². The molecule has 1 aromatic rings. The van der Waals surface area contributed by atoms with Crippen LogP contribution in [0.5, 0.6) is 0 Å². The van der Waals surface area contributed by atoms with Gasteiger partial charge in [0.2, 0.25) is 10.0 Å². The fourth-order valence-corrected chi connectivity index (χ4v) is 5.39. The maximum absolute atomic E-state index is 12.9. The average Bonchev–Trinajstić information content (AvgIpc) is 2.60. The molecule has 0 radical (unpaired) electrons. The Morgan fingerprint density at radius 1 is 1.04 bits per heavy atom. The van der Waals surface area contributed by atoms with E-state index in [1.165, 1.54) is 4.31 Å². The first-order valence-corrected chi connectivity index (χ1v) is 10.8. The van der Waals surface area contributed by atoms with Crippen LogP contribution in [0.1, 0.15) is 44.0 Å². The Morgan fingerprint density at radius 2 is 1.65 bits per heavy atom. The monoisotopic (exact) mass is 380 g/mol. The number of morpholine rings is 1. The highest BCUT2D eigenvalue weighted by molar-refractivity contribution is 7.89. The summed E-state index contributed by atoms with van der Waals surface area (Å²) < 4.78 is 32.8. The molecule has 3 atom stereocenters. The van der Waals surface area contributed by atoms with Crippen molar-refractivity contribution in [2.45, 2.75) is 50.7 Å². The van der Waals surface area contributed by atoms with Crippen LogP contribution >= 0.6 is 0 Å². The number of benzene rings is 1. The summed E-state index contributed by atoms with van der Waals surface area (Å²) in [6, 6.07) is 6.34. The maximum Gasteiger partial charge on any atom is 0.253 e. The lowest BCUT2D eigenvalue weighted by Crippen LogP contribution is -2.48. The molecule has 2 aliphatic rings. The largest absolute Gasteiger partial charge is 0.373 e. The molecule has 2 saturated heterocycles. The number of amides is 1. The van der Waals surface area contributed by atoms with E-state index in [1.54, 1.807) is 24.3 Å². The number of likely N-dealkylation sites (tertiary alicyclic amines) is 1. The van der Waals surface area contributed by atoms with Crippen molar-refractivity contribution in [1.29, 1.82) is 0 Å².